The summed E-state index contributed by atoms with van der Waals surface area (Å²) in [5.74, 6) is 1.73. The van der Waals surface area contributed by atoms with E-state index in [1.54, 1.807) is 31.4 Å². The maximum atomic E-state index is 11.9. The average molecular weight is 359 g/mol. The molecular formula is C17H15ClN4O3. The van der Waals surface area contributed by atoms with Crippen molar-refractivity contribution < 1.29 is 14.3 Å². The highest BCUT2D eigenvalue weighted by molar-refractivity contribution is 6.30. The van der Waals surface area contributed by atoms with E-state index in [4.69, 9.17) is 21.1 Å². The SMILES string of the molecule is COc1ccc(-c2nnc(NC(=O)COc3ccc(Cl)cc3)[nH]2)cc1. The Hall–Kier alpha value is -3.06. The van der Waals surface area contributed by atoms with Gasteiger partial charge in [-0.1, -0.05) is 11.6 Å². The zero-order valence-electron chi connectivity index (χ0n) is 13.3. The summed E-state index contributed by atoms with van der Waals surface area (Å²) in [4.78, 5) is 14.9. The van der Waals surface area contributed by atoms with Crippen molar-refractivity contribution in [1.29, 1.82) is 0 Å². The summed E-state index contributed by atoms with van der Waals surface area (Å²) in [6, 6.07) is 14.1. The maximum absolute atomic E-state index is 11.9. The number of benzene rings is 2. The van der Waals surface area contributed by atoms with Crippen LogP contribution in [0.15, 0.2) is 48.5 Å². The Bertz CT molecular complexity index is 847. The number of anilines is 1. The van der Waals surface area contributed by atoms with Gasteiger partial charge in [0.1, 0.15) is 11.5 Å². The van der Waals surface area contributed by atoms with Crippen molar-refractivity contribution in [3.63, 3.8) is 0 Å². The number of methoxy groups -OCH3 is 1. The summed E-state index contributed by atoms with van der Waals surface area (Å²) in [7, 11) is 1.60. The Balaban J connectivity index is 1.56. The molecule has 1 amide bonds. The molecule has 2 N–H and O–H groups in total. The second-order valence-corrected chi connectivity index (χ2v) is 5.48. The van der Waals surface area contributed by atoms with Gasteiger partial charge in [0.25, 0.3) is 5.91 Å². The van der Waals surface area contributed by atoms with Gasteiger partial charge in [-0.15, -0.1) is 10.2 Å². The first-order valence-electron chi connectivity index (χ1n) is 7.39. The molecule has 2 aromatic carbocycles. The minimum Gasteiger partial charge on any atom is -0.497 e. The molecule has 3 aromatic rings. The highest BCUT2D eigenvalue weighted by Gasteiger charge is 2.09. The molecular weight excluding hydrogens is 344 g/mol. The summed E-state index contributed by atoms with van der Waals surface area (Å²) < 4.78 is 10.5. The first-order chi connectivity index (χ1) is 12.1. The number of halogens is 1. The van der Waals surface area contributed by atoms with Gasteiger partial charge in [-0.25, -0.2) is 0 Å². The number of nitrogens with zero attached hydrogens (tertiary/aromatic N) is 2. The van der Waals surface area contributed by atoms with Gasteiger partial charge in [-0.05, 0) is 48.5 Å². The van der Waals surface area contributed by atoms with Crippen molar-refractivity contribution in [1.82, 2.24) is 15.2 Å². The van der Waals surface area contributed by atoms with Crippen molar-refractivity contribution in [2.45, 2.75) is 0 Å². The predicted molar refractivity (Wildman–Crippen MR) is 93.9 cm³/mol. The van der Waals surface area contributed by atoms with Crippen LogP contribution < -0.4 is 14.8 Å². The lowest BCUT2D eigenvalue weighted by Crippen LogP contribution is -2.20. The van der Waals surface area contributed by atoms with Gasteiger partial charge >= 0.3 is 0 Å². The van der Waals surface area contributed by atoms with Crippen LogP contribution in [-0.4, -0.2) is 34.8 Å². The molecule has 0 spiro atoms. The number of hydrogen-bond donors (Lipinski definition) is 2. The predicted octanol–water partition coefficient (Wildman–Crippen LogP) is 3.15. The number of carbonyl (C=O) groups is 1. The molecule has 0 aliphatic heterocycles. The fourth-order valence-electron chi connectivity index (χ4n) is 2.05. The van der Waals surface area contributed by atoms with Gasteiger partial charge in [0, 0.05) is 10.6 Å². The maximum Gasteiger partial charge on any atom is 0.264 e. The van der Waals surface area contributed by atoms with Crippen LogP contribution in [0.1, 0.15) is 0 Å². The van der Waals surface area contributed by atoms with E-state index in [9.17, 15) is 4.79 Å². The van der Waals surface area contributed by atoms with E-state index < -0.39 is 0 Å². The lowest BCUT2D eigenvalue weighted by Gasteiger charge is -2.05. The Morgan fingerprint density at radius 3 is 2.44 bits per heavy atom. The van der Waals surface area contributed by atoms with E-state index in [0.717, 1.165) is 11.3 Å². The fraction of sp³-hybridized carbons (Fsp3) is 0.118. The molecule has 25 heavy (non-hydrogen) atoms. The third-order valence-electron chi connectivity index (χ3n) is 3.29. The van der Waals surface area contributed by atoms with Gasteiger partial charge in [-0.3, -0.25) is 10.1 Å². The van der Waals surface area contributed by atoms with Gasteiger partial charge in [-0.2, -0.15) is 0 Å². The van der Waals surface area contributed by atoms with Gasteiger partial charge < -0.3 is 14.5 Å². The number of nitrogens with one attached hydrogen (secondary N) is 2. The standard InChI is InChI=1S/C17H15ClN4O3/c1-24-13-6-2-11(3-7-13)16-20-17(22-21-16)19-15(23)10-25-14-8-4-12(18)5-9-14/h2-9H,10H2,1H3,(H2,19,20,21,22,23). The monoisotopic (exact) mass is 358 g/mol. The third-order valence-corrected chi connectivity index (χ3v) is 3.54. The van der Waals surface area contributed by atoms with Crippen LogP contribution in [-0.2, 0) is 4.79 Å². The van der Waals surface area contributed by atoms with Gasteiger partial charge in [0.15, 0.2) is 12.4 Å². The summed E-state index contributed by atoms with van der Waals surface area (Å²) in [5.41, 5.74) is 0.825. The number of amides is 1. The molecule has 0 atom stereocenters. The number of hydrogen-bond acceptors (Lipinski definition) is 5. The average Bonchev–Trinajstić information content (AvgIpc) is 3.10. The molecule has 0 unspecified atom stereocenters. The zero-order chi connectivity index (χ0) is 17.6. The van der Waals surface area contributed by atoms with Crippen molar-refractivity contribution in [2.75, 3.05) is 19.0 Å². The lowest BCUT2D eigenvalue weighted by atomic mass is 10.2. The topological polar surface area (TPSA) is 89.1 Å². The molecule has 0 saturated heterocycles. The number of carbonyl (C=O) groups excluding carboxylic acids is 1. The summed E-state index contributed by atoms with van der Waals surface area (Å²) >= 11 is 5.79. The fourth-order valence-corrected chi connectivity index (χ4v) is 2.17. The summed E-state index contributed by atoms with van der Waals surface area (Å²) in [5, 5.41) is 11.1. The number of rotatable bonds is 6. The van der Waals surface area contributed by atoms with E-state index >= 15 is 0 Å². The minimum absolute atomic E-state index is 0.153. The quantitative estimate of drug-likeness (QED) is 0.706. The van der Waals surface area contributed by atoms with E-state index in [2.05, 4.69) is 20.5 Å². The van der Waals surface area contributed by atoms with Crippen LogP contribution in [0.2, 0.25) is 5.02 Å². The first kappa shape index (κ1) is 16.8. The Kier molecular flexibility index (Phi) is 5.15. The second-order valence-electron chi connectivity index (χ2n) is 5.04. The lowest BCUT2D eigenvalue weighted by molar-refractivity contribution is -0.118. The number of aromatic nitrogens is 3. The van der Waals surface area contributed by atoms with Crippen LogP contribution >= 0.6 is 11.6 Å². The number of aromatic amines is 1. The van der Waals surface area contributed by atoms with Crippen LogP contribution in [0.4, 0.5) is 5.95 Å². The summed E-state index contributed by atoms with van der Waals surface area (Å²) in [6.45, 7) is -0.153. The van der Waals surface area contributed by atoms with Crippen LogP contribution in [0.5, 0.6) is 11.5 Å². The third kappa shape index (κ3) is 4.48. The van der Waals surface area contributed by atoms with Crippen LogP contribution in [0.25, 0.3) is 11.4 Å². The number of ether oxygens (including phenoxy) is 2. The number of H-pyrrole nitrogens is 1. The van der Waals surface area contributed by atoms with Crippen LogP contribution in [0.3, 0.4) is 0 Å². The summed E-state index contributed by atoms with van der Waals surface area (Å²) in [6.07, 6.45) is 0. The van der Waals surface area contributed by atoms with E-state index in [-0.39, 0.29) is 18.5 Å². The van der Waals surface area contributed by atoms with E-state index in [1.165, 1.54) is 0 Å². The molecule has 0 aliphatic rings. The molecule has 128 valence electrons. The Morgan fingerprint density at radius 2 is 1.76 bits per heavy atom. The largest absolute Gasteiger partial charge is 0.497 e. The molecule has 0 radical (unpaired) electrons. The van der Waals surface area contributed by atoms with Gasteiger partial charge in [0.05, 0.1) is 7.11 Å². The Labute approximate surface area is 148 Å². The smallest absolute Gasteiger partial charge is 0.264 e. The van der Waals surface area contributed by atoms with Crippen molar-refractivity contribution in [3.05, 3.63) is 53.6 Å². The molecule has 7 nitrogen and oxygen atoms in total. The van der Waals surface area contributed by atoms with Crippen molar-refractivity contribution in [3.8, 4) is 22.9 Å². The minimum atomic E-state index is -0.354. The molecule has 0 bridgehead atoms. The molecule has 3 rings (SSSR count). The van der Waals surface area contributed by atoms with E-state index in [0.29, 0.717) is 16.6 Å². The molecule has 1 aromatic heterocycles. The van der Waals surface area contributed by atoms with E-state index in [1.807, 2.05) is 24.3 Å². The molecule has 0 aliphatic carbocycles. The highest BCUT2D eigenvalue weighted by Crippen LogP contribution is 2.20. The zero-order valence-corrected chi connectivity index (χ0v) is 14.1. The molecule has 8 heteroatoms. The normalized spacial score (nSPS) is 10.3. The molecule has 0 saturated carbocycles. The second kappa shape index (κ2) is 7.67. The Morgan fingerprint density at radius 1 is 1.08 bits per heavy atom. The first-order valence-corrected chi connectivity index (χ1v) is 7.77. The van der Waals surface area contributed by atoms with Crippen molar-refractivity contribution in [2.24, 2.45) is 0 Å². The van der Waals surface area contributed by atoms with Crippen molar-refractivity contribution >= 4 is 23.5 Å². The van der Waals surface area contributed by atoms with Gasteiger partial charge in [0.2, 0.25) is 5.95 Å². The molecule has 1 heterocycles. The van der Waals surface area contributed by atoms with Crippen LogP contribution in [0, 0.1) is 0 Å². The highest BCUT2D eigenvalue weighted by atomic mass is 35.5. The molecule has 0 fully saturated rings.